The molecule has 0 aliphatic carbocycles. The molecule has 0 aromatic carbocycles. The van der Waals surface area contributed by atoms with E-state index in [9.17, 15) is 4.79 Å². The summed E-state index contributed by atoms with van der Waals surface area (Å²) < 4.78 is 0. The van der Waals surface area contributed by atoms with Crippen LogP contribution in [-0.4, -0.2) is 63.1 Å². The van der Waals surface area contributed by atoms with Gasteiger partial charge in [0.1, 0.15) is 0 Å². The topological polar surface area (TPSA) is 20.3 Å². The van der Waals surface area contributed by atoms with Crippen LogP contribution in [0.5, 0.6) is 0 Å². The van der Waals surface area contributed by atoms with Crippen LogP contribution >= 0.6 is 0 Å². The molecule has 3 heteroatoms. The van der Waals surface area contributed by atoms with Gasteiger partial charge in [0.05, 0.1) is 0 Å². The third-order valence-corrected chi connectivity index (χ3v) is 0.211. The molecule has 1 amide bonds. The first-order chi connectivity index (χ1) is 2.27. The quantitative estimate of drug-likeness (QED) is 0.335. The number of nitrogens with zero attached hydrogens (tertiary/aromatic N) is 1. The molecule has 0 radical (unpaired) electrons. The van der Waals surface area contributed by atoms with Crippen LogP contribution in [0.25, 0.3) is 0 Å². The first kappa shape index (κ1) is 9.88. The zero-order valence-electron chi connectivity index (χ0n) is 6.14. The predicted octanol–water partition coefficient (Wildman–Crippen LogP) is -0.451. The van der Waals surface area contributed by atoms with Crippen LogP contribution in [0.4, 0.5) is 0 Å². The molecule has 0 fully saturated rings. The maximum absolute atomic E-state index is 9.43. The first-order valence-corrected chi connectivity index (χ1v) is 1.39. The van der Waals surface area contributed by atoms with Crippen LogP contribution in [0.1, 0.15) is 2.85 Å². The van der Waals surface area contributed by atoms with E-state index in [-0.39, 0.29) is 40.6 Å². The molecular weight excluding hydrogens is 106 g/mol. The second-order valence-corrected chi connectivity index (χ2v) is 1.07. The van der Waals surface area contributed by atoms with Gasteiger partial charge in [0.25, 0.3) is 0 Å². The maximum Gasteiger partial charge on any atom is 2.00 e. The summed E-state index contributed by atoms with van der Waals surface area (Å²) in [5.74, 6) is 0. The molecule has 0 aliphatic rings. The Balaban J connectivity index is -0.0000000267. The summed E-state index contributed by atoms with van der Waals surface area (Å²) in [6, 6.07) is 0. The monoisotopic (exact) mass is 115 g/mol. The number of carbonyl (C=O) groups is 1. The van der Waals surface area contributed by atoms with Gasteiger partial charge >= 0.3 is 37.7 Å². The van der Waals surface area contributed by atoms with Crippen LogP contribution < -0.4 is 0 Å². The second kappa shape index (κ2) is 5.73. The smallest absolute Gasteiger partial charge is 1.00 e. The van der Waals surface area contributed by atoms with Crippen LogP contribution in [0.2, 0.25) is 0 Å². The van der Waals surface area contributed by atoms with Crippen LogP contribution in [0.3, 0.4) is 0 Å². The van der Waals surface area contributed by atoms with Gasteiger partial charge in [0.2, 0.25) is 6.41 Å². The van der Waals surface area contributed by atoms with E-state index in [4.69, 9.17) is 0 Å². The van der Waals surface area contributed by atoms with Crippen molar-refractivity contribution in [3.63, 3.8) is 0 Å². The molecule has 0 rings (SSSR count). The van der Waals surface area contributed by atoms with Crippen molar-refractivity contribution < 1.29 is 7.65 Å². The zero-order chi connectivity index (χ0) is 4.28. The van der Waals surface area contributed by atoms with Crippen molar-refractivity contribution in [3.8, 4) is 0 Å². The summed E-state index contributed by atoms with van der Waals surface area (Å²) in [5, 5.41) is 0. The molecule has 0 saturated heterocycles. The van der Waals surface area contributed by atoms with Crippen molar-refractivity contribution in [2.45, 2.75) is 0 Å². The normalized spacial score (nSPS) is 5.67. The Kier molecular flexibility index (Phi) is 9.43. The van der Waals surface area contributed by atoms with Crippen LogP contribution in [0, 0.1) is 0 Å². The third-order valence-electron chi connectivity index (χ3n) is 0.211. The molecule has 0 unspecified atom stereocenters. The molecule has 0 aliphatic heterocycles. The number of carbonyl (C=O) groups excluding carboxylic acids is 1. The average Bonchev–Trinajstić information content (AvgIpc) is 1.38. The fraction of sp³-hybridized carbons (Fsp3) is 0.667. The van der Waals surface area contributed by atoms with Gasteiger partial charge in [-0.2, -0.15) is 0 Å². The van der Waals surface area contributed by atoms with E-state index in [1.165, 1.54) is 4.90 Å². The van der Waals surface area contributed by atoms with Gasteiger partial charge < -0.3 is 7.75 Å². The minimum atomic E-state index is 0. The van der Waals surface area contributed by atoms with Gasteiger partial charge in [0.15, 0.2) is 0 Å². The Hall–Kier alpha value is 0.730. The van der Waals surface area contributed by atoms with Crippen molar-refractivity contribution in [2.75, 3.05) is 14.1 Å². The number of rotatable bonds is 1. The molecule has 34 valence electrons. The van der Waals surface area contributed by atoms with E-state index in [0.29, 0.717) is 0 Å². The van der Waals surface area contributed by atoms with E-state index in [0.717, 1.165) is 6.41 Å². The molecule has 0 N–H and O–H groups in total. The largest absolute Gasteiger partial charge is 2.00 e. The number of hydrogen-bond donors (Lipinski definition) is 0. The van der Waals surface area contributed by atoms with Gasteiger partial charge in [-0.3, -0.25) is 4.79 Å². The molecule has 0 atom stereocenters. The van der Waals surface area contributed by atoms with Crippen LogP contribution in [-0.2, 0) is 4.79 Å². The molecule has 0 spiro atoms. The minimum Gasteiger partial charge on any atom is -1.00 e. The van der Waals surface area contributed by atoms with E-state index < -0.39 is 0 Å². The summed E-state index contributed by atoms with van der Waals surface area (Å²) in [6.45, 7) is 0. The second-order valence-electron chi connectivity index (χ2n) is 1.07. The van der Waals surface area contributed by atoms with Crippen molar-refractivity contribution in [2.24, 2.45) is 0 Å². The summed E-state index contributed by atoms with van der Waals surface area (Å²) in [5.41, 5.74) is 0. The van der Waals surface area contributed by atoms with E-state index in [1.807, 2.05) is 0 Å². The first-order valence-electron chi connectivity index (χ1n) is 1.39. The van der Waals surface area contributed by atoms with Crippen molar-refractivity contribution >= 4 is 44.1 Å². The Morgan fingerprint density at radius 3 is 1.83 bits per heavy atom. The predicted molar refractivity (Wildman–Crippen MR) is 27.7 cm³/mol. The van der Waals surface area contributed by atoms with Gasteiger partial charge in [-0.1, -0.05) is 0 Å². The Morgan fingerprint density at radius 2 is 1.83 bits per heavy atom. The average molecular weight is 115 g/mol. The minimum absolute atomic E-state index is 0. The summed E-state index contributed by atoms with van der Waals surface area (Å²) in [6.07, 6.45) is 0.750. The van der Waals surface area contributed by atoms with Gasteiger partial charge in [-0.05, 0) is 0 Å². The Morgan fingerprint density at radius 1 is 1.67 bits per heavy atom. The molecule has 0 saturated carbocycles. The van der Waals surface area contributed by atoms with Gasteiger partial charge in [0, 0.05) is 14.1 Å². The summed E-state index contributed by atoms with van der Waals surface area (Å²) >= 11 is 0. The third kappa shape index (κ3) is 8.83. The molecule has 0 aromatic rings. The van der Waals surface area contributed by atoms with E-state index >= 15 is 0 Å². The van der Waals surface area contributed by atoms with Crippen molar-refractivity contribution in [1.82, 2.24) is 4.90 Å². The molecule has 0 aromatic heterocycles. The standard InChI is InChI=1S/C3H7NO.Ca.2H/c1-4(2)3-5;;;/h3H,1-2H3;;;/q;+2;2*-1. The SMILES string of the molecule is CN(C)C=O.[Ca+2].[H-].[H-]. The van der Waals surface area contributed by atoms with Crippen molar-refractivity contribution in [3.05, 3.63) is 0 Å². The number of hydrogen-bond acceptors (Lipinski definition) is 1. The molecule has 2 nitrogen and oxygen atoms in total. The van der Waals surface area contributed by atoms with Gasteiger partial charge in [-0.15, -0.1) is 0 Å². The number of amides is 1. The fourth-order valence-electron chi connectivity index (χ4n) is 0. The van der Waals surface area contributed by atoms with Gasteiger partial charge in [-0.25, -0.2) is 0 Å². The van der Waals surface area contributed by atoms with Crippen molar-refractivity contribution in [1.29, 1.82) is 0 Å². The Bertz CT molecular complexity index is 44.3. The molecule has 6 heavy (non-hydrogen) atoms. The van der Waals surface area contributed by atoms with E-state index in [2.05, 4.69) is 0 Å². The molecular formula is C3H9CaNO. The molecule has 0 bridgehead atoms. The summed E-state index contributed by atoms with van der Waals surface area (Å²) in [7, 11) is 3.38. The van der Waals surface area contributed by atoms with E-state index in [1.54, 1.807) is 14.1 Å². The summed E-state index contributed by atoms with van der Waals surface area (Å²) in [4.78, 5) is 10.9. The van der Waals surface area contributed by atoms with Crippen LogP contribution in [0.15, 0.2) is 0 Å². The Labute approximate surface area is 70.5 Å². The molecule has 0 heterocycles. The zero-order valence-corrected chi connectivity index (χ0v) is 6.35. The fourth-order valence-corrected chi connectivity index (χ4v) is 0. The maximum atomic E-state index is 9.43.